The summed E-state index contributed by atoms with van der Waals surface area (Å²) < 4.78 is 5.80. The van der Waals surface area contributed by atoms with Crippen LogP contribution in [0.1, 0.15) is 16.4 Å². The molecule has 2 aromatic rings. The van der Waals surface area contributed by atoms with E-state index in [0.29, 0.717) is 23.3 Å². The first-order valence-electron chi connectivity index (χ1n) is 5.02. The number of aromatic nitrogens is 2. The number of anilines is 1. The van der Waals surface area contributed by atoms with Crippen LogP contribution >= 0.6 is 27.3 Å². The molecule has 2 aromatic heterocycles. The van der Waals surface area contributed by atoms with Crippen molar-refractivity contribution in [2.24, 2.45) is 0 Å². The molecule has 0 bridgehead atoms. The minimum Gasteiger partial charge on any atom is -0.383 e. The molecule has 4 nitrogen and oxygen atoms in total. The second-order valence-electron chi connectivity index (χ2n) is 3.47. The first-order valence-corrected chi connectivity index (χ1v) is 6.70. The van der Waals surface area contributed by atoms with E-state index < -0.39 is 0 Å². The van der Waals surface area contributed by atoms with Crippen LogP contribution in [0, 0.1) is 0 Å². The van der Waals surface area contributed by atoms with Crippen LogP contribution in [0.3, 0.4) is 0 Å². The Labute approximate surface area is 112 Å². The summed E-state index contributed by atoms with van der Waals surface area (Å²) in [5, 5.41) is 2.04. The van der Waals surface area contributed by atoms with Gasteiger partial charge < -0.3 is 10.5 Å². The monoisotopic (exact) mass is 313 g/mol. The Morgan fingerprint density at radius 3 is 2.94 bits per heavy atom. The van der Waals surface area contributed by atoms with E-state index in [1.54, 1.807) is 18.4 Å². The van der Waals surface area contributed by atoms with E-state index in [0.717, 1.165) is 11.5 Å². The molecule has 17 heavy (non-hydrogen) atoms. The highest BCUT2D eigenvalue weighted by Crippen LogP contribution is 2.23. The lowest BCUT2D eigenvalue weighted by Gasteiger charge is -2.07. The molecule has 0 aliphatic heterocycles. The average Bonchev–Trinajstić information content (AvgIpc) is 2.78. The van der Waals surface area contributed by atoms with Crippen molar-refractivity contribution >= 4 is 33.1 Å². The molecule has 2 N–H and O–H groups in total. The van der Waals surface area contributed by atoms with Crippen molar-refractivity contribution < 1.29 is 4.74 Å². The molecule has 0 aliphatic rings. The third kappa shape index (κ3) is 3.02. The number of ether oxygens (including phenoxy) is 1. The molecule has 90 valence electrons. The van der Waals surface area contributed by atoms with Crippen LogP contribution in [0.15, 0.2) is 22.0 Å². The molecule has 6 heteroatoms. The first-order chi connectivity index (χ1) is 8.20. The quantitative estimate of drug-likeness (QED) is 0.942. The van der Waals surface area contributed by atoms with Gasteiger partial charge in [-0.15, -0.1) is 11.3 Å². The Morgan fingerprint density at radius 2 is 2.29 bits per heavy atom. The van der Waals surface area contributed by atoms with Crippen molar-refractivity contribution in [1.82, 2.24) is 9.97 Å². The molecule has 0 aliphatic carbocycles. The first kappa shape index (κ1) is 12.5. The van der Waals surface area contributed by atoms with Crippen molar-refractivity contribution in [3.63, 3.8) is 0 Å². The molecular formula is C11H12BrN3OS. The van der Waals surface area contributed by atoms with E-state index in [4.69, 9.17) is 10.5 Å². The summed E-state index contributed by atoms with van der Waals surface area (Å²) in [4.78, 5) is 9.92. The normalized spacial score (nSPS) is 10.7. The van der Waals surface area contributed by atoms with Gasteiger partial charge in [-0.2, -0.15) is 0 Å². The number of halogens is 1. The fourth-order valence-electron chi connectivity index (χ4n) is 1.45. The minimum absolute atomic E-state index is 0.421. The van der Waals surface area contributed by atoms with Gasteiger partial charge in [0.25, 0.3) is 0 Å². The van der Waals surface area contributed by atoms with Gasteiger partial charge in [0.15, 0.2) is 0 Å². The zero-order valence-corrected chi connectivity index (χ0v) is 11.7. The lowest BCUT2D eigenvalue weighted by atomic mass is 10.3. The van der Waals surface area contributed by atoms with Crippen molar-refractivity contribution in [2.75, 3.05) is 12.8 Å². The number of rotatable bonds is 4. The van der Waals surface area contributed by atoms with Gasteiger partial charge in [0.2, 0.25) is 0 Å². The van der Waals surface area contributed by atoms with Gasteiger partial charge in [-0.3, -0.25) is 0 Å². The fourth-order valence-corrected chi connectivity index (χ4v) is 2.44. The summed E-state index contributed by atoms with van der Waals surface area (Å²) in [6.07, 6.45) is 0.700. The molecule has 0 saturated heterocycles. The topological polar surface area (TPSA) is 61.0 Å². The highest BCUT2D eigenvalue weighted by molar-refractivity contribution is 9.10. The maximum atomic E-state index is 5.83. The second kappa shape index (κ2) is 5.57. The van der Waals surface area contributed by atoms with Crippen molar-refractivity contribution in [3.8, 4) is 0 Å². The van der Waals surface area contributed by atoms with E-state index in [-0.39, 0.29) is 0 Å². The predicted molar refractivity (Wildman–Crippen MR) is 72.0 cm³/mol. The molecule has 0 radical (unpaired) electrons. The van der Waals surface area contributed by atoms with Crippen LogP contribution in [0.4, 0.5) is 5.82 Å². The maximum absolute atomic E-state index is 5.83. The Balaban J connectivity index is 2.28. The molecule has 0 aromatic carbocycles. The third-order valence-corrected chi connectivity index (χ3v) is 3.93. The molecular weight excluding hydrogens is 302 g/mol. The molecule has 0 saturated carbocycles. The van der Waals surface area contributed by atoms with E-state index in [9.17, 15) is 0 Å². The standard InChI is InChI=1S/C11H12BrN3OS/c1-16-6-8-10(12)11(13)15-9(14-8)5-7-3-2-4-17-7/h2-4H,5-6H2,1H3,(H2,13,14,15). The Hall–Kier alpha value is -0.980. The molecule has 2 rings (SSSR count). The van der Waals surface area contributed by atoms with Crippen LogP contribution in [0.2, 0.25) is 0 Å². The highest BCUT2D eigenvalue weighted by Gasteiger charge is 2.10. The van der Waals surface area contributed by atoms with E-state index in [2.05, 4.69) is 32.0 Å². The van der Waals surface area contributed by atoms with Crippen molar-refractivity contribution in [2.45, 2.75) is 13.0 Å². The number of thiophene rings is 1. The summed E-state index contributed by atoms with van der Waals surface area (Å²) >= 11 is 5.05. The number of nitrogens with two attached hydrogens (primary N) is 1. The molecule has 0 fully saturated rings. The van der Waals surface area contributed by atoms with Gasteiger partial charge in [-0.25, -0.2) is 9.97 Å². The van der Waals surface area contributed by atoms with Crippen LogP contribution < -0.4 is 5.73 Å². The zero-order valence-electron chi connectivity index (χ0n) is 9.31. The van der Waals surface area contributed by atoms with E-state index in [1.807, 2.05) is 11.4 Å². The number of hydrogen-bond acceptors (Lipinski definition) is 5. The van der Waals surface area contributed by atoms with Gasteiger partial charge in [0.1, 0.15) is 11.6 Å². The summed E-state index contributed by atoms with van der Waals surface area (Å²) in [5.74, 6) is 1.18. The van der Waals surface area contributed by atoms with Gasteiger partial charge in [-0.05, 0) is 27.4 Å². The lowest BCUT2D eigenvalue weighted by molar-refractivity contribution is 0.180. The summed E-state index contributed by atoms with van der Waals surface area (Å²) in [7, 11) is 1.63. The van der Waals surface area contributed by atoms with Crippen LogP contribution in [0.5, 0.6) is 0 Å². The number of nitrogen functional groups attached to an aromatic ring is 1. The average molecular weight is 314 g/mol. The Morgan fingerprint density at radius 1 is 1.47 bits per heavy atom. The smallest absolute Gasteiger partial charge is 0.141 e. The molecule has 2 heterocycles. The molecule has 0 unspecified atom stereocenters. The number of nitrogens with zero attached hydrogens (tertiary/aromatic N) is 2. The Bertz CT molecular complexity index is 502. The largest absolute Gasteiger partial charge is 0.383 e. The number of methoxy groups -OCH3 is 1. The molecule has 0 amide bonds. The summed E-state index contributed by atoms with van der Waals surface area (Å²) in [6.45, 7) is 0.421. The predicted octanol–water partition coefficient (Wildman–Crippen LogP) is 2.62. The van der Waals surface area contributed by atoms with Crippen LogP contribution in [-0.4, -0.2) is 17.1 Å². The van der Waals surface area contributed by atoms with Gasteiger partial charge in [0, 0.05) is 18.4 Å². The van der Waals surface area contributed by atoms with E-state index >= 15 is 0 Å². The summed E-state index contributed by atoms with van der Waals surface area (Å²) in [6, 6.07) is 4.07. The van der Waals surface area contributed by atoms with E-state index in [1.165, 1.54) is 4.88 Å². The minimum atomic E-state index is 0.421. The maximum Gasteiger partial charge on any atom is 0.141 e. The fraction of sp³-hybridized carbons (Fsp3) is 0.273. The third-order valence-electron chi connectivity index (χ3n) is 2.19. The van der Waals surface area contributed by atoms with Crippen LogP contribution in [0.25, 0.3) is 0 Å². The summed E-state index contributed by atoms with van der Waals surface area (Å²) in [5.41, 5.74) is 6.61. The molecule has 0 atom stereocenters. The lowest BCUT2D eigenvalue weighted by Crippen LogP contribution is -2.06. The van der Waals surface area contributed by atoms with Crippen LogP contribution in [-0.2, 0) is 17.8 Å². The van der Waals surface area contributed by atoms with Gasteiger partial charge in [-0.1, -0.05) is 6.07 Å². The number of hydrogen-bond donors (Lipinski definition) is 1. The van der Waals surface area contributed by atoms with Crippen molar-refractivity contribution in [1.29, 1.82) is 0 Å². The SMILES string of the molecule is COCc1nc(Cc2cccs2)nc(N)c1Br. The molecule has 0 spiro atoms. The zero-order chi connectivity index (χ0) is 12.3. The van der Waals surface area contributed by atoms with Gasteiger partial charge >= 0.3 is 0 Å². The highest BCUT2D eigenvalue weighted by atomic mass is 79.9. The van der Waals surface area contributed by atoms with Gasteiger partial charge in [0.05, 0.1) is 16.8 Å². The Kier molecular flexibility index (Phi) is 4.09. The second-order valence-corrected chi connectivity index (χ2v) is 5.30. The van der Waals surface area contributed by atoms with Crippen molar-refractivity contribution in [3.05, 3.63) is 38.4 Å².